The average molecular weight is 520 g/mol. The normalized spacial score (nSPS) is 22.4. The van der Waals surface area contributed by atoms with Crippen molar-refractivity contribution in [3.63, 3.8) is 0 Å². The first-order valence-corrected chi connectivity index (χ1v) is 12.9. The van der Waals surface area contributed by atoms with E-state index in [4.69, 9.17) is 21.2 Å². The summed E-state index contributed by atoms with van der Waals surface area (Å²) in [6.45, 7) is 0.855. The van der Waals surface area contributed by atoms with Crippen molar-refractivity contribution in [1.82, 2.24) is 9.88 Å². The Bertz CT molecular complexity index is 1380. The highest BCUT2D eigenvalue weighted by Crippen LogP contribution is 2.51. The predicted octanol–water partition coefficient (Wildman–Crippen LogP) is 5.01. The van der Waals surface area contributed by atoms with Crippen molar-refractivity contribution in [3.8, 4) is 5.75 Å². The van der Waals surface area contributed by atoms with Gasteiger partial charge in [-0.15, -0.1) is 11.3 Å². The fraction of sp³-hybridized carbons (Fsp3) is 0.259. The standard InChI is InChI=1S/C27H22ClN3O4S/c28-19-5-7-23-21(15-19)25(33)27(16-22(30-35-27)18-3-1-11-29-17-18)26(34-23)9-12-31(13-10-26)24(32)8-6-20-4-2-14-36-20/h1-8,11,14-15,17H,9-10,12-13,16H2. The molecule has 5 heterocycles. The van der Waals surface area contributed by atoms with Gasteiger partial charge in [-0.25, -0.2) is 0 Å². The molecular weight excluding hydrogens is 498 g/mol. The molecule has 1 unspecified atom stereocenters. The van der Waals surface area contributed by atoms with E-state index < -0.39 is 11.2 Å². The lowest BCUT2D eigenvalue weighted by Gasteiger charge is -2.51. The van der Waals surface area contributed by atoms with Crippen molar-refractivity contribution in [1.29, 1.82) is 0 Å². The quantitative estimate of drug-likeness (QED) is 0.454. The highest BCUT2D eigenvalue weighted by atomic mass is 35.5. The number of hydrogen-bond acceptors (Lipinski definition) is 7. The first-order chi connectivity index (χ1) is 17.5. The van der Waals surface area contributed by atoms with Gasteiger partial charge in [-0.05, 0) is 47.9 Å². The molecule has 2 spiro atoms. The fourth-order valence-corrected chi connectivity index (χ4v) is 6.00. The number of pyridine rings is 1. The van der Waals surface area contributed by atoms with Crippen molar-refractivity contribution in [2.45, 2.75) is 30.5 Å². The lowest BCUT2D eigenvalue weighted by Crippen LogP contribution is -2.68. The van der Waals surface area contributed by atoms with Crippen molar-refractivity contribution in [3.05, 3.63) is 87.3 Å². The Morgan fingerprint density at radius 2 is 2.03 bits per heavy atom. The molecule has 1 atom stereocenters. The molecular formula is C27H22ClN3O4S. The molecule has 2 aromatic heterocycles. The zero-order valence-electron chi connectivity index (χ0n) is 19.2. The Hall–Kier alpha value is -3.49. The minimum absolute atomic E-state index is 0.0683. The maximum Gasteiger partial charge on any atom is 0.246 e. The number of hydrogen-bond donors (Lipinski definition) is 0. The summed E-state index contributed by atoms with van der Waals surface area (Å²) in [4.78, 5) is 40.0. The van der Waals surface area contributed by atoms with E-state index in [2.05, 4.69) is 10.1 Å². The van der Waals surface area contributed by atoms with Crippen LogP contribution in [0.4, 0.5) is 0 Å². The Labute approximate surface area is 217 Å². The molecule has 7 nitrogen and oxygen atoms in total. The molecule has 9 heteroatoms. The number of benzene rings is 1. The van der Waals surface area contributed by atoms with Crippen LogP contribution in [-0.4, -0.2) is 51.6 Å². The highest BCUT2D eigenvalue weighted by molar-refractivity contribution is 7.10. The van der Waals surface area contributed by atoms with Gasteiger partial charge in [-0.2, -0.15) is 0 Å². The summed E-state index contributed by atoms with van der Waals surface area (Å²) < 4.78 is 6.61. The van der Waals surface area contributed by atoms with Crippen LogP contribution in [0.2, 0.25) is 5.02 Å². The van der Waals surface area contributed by atoms with Gasteiger partial charge >= 0.3 is 0 Å². The molecule has 1 saturated heterocycles. The van der Waals surface area contributed by atoms with Gasteiger partial charge in [0.2, 0.25) is 17.3 Å². The number of thiophene rings is 1. The number of ether oxygens (including phenoxy) is 1. The van der Waals surface area contributed by atoms with E-state index in [9.17, 15) is 9.59 Å². The number of fused-ring (bicyclic) bond motifs is 2. The van der Waals surface area contributed by atoms with Gasteiger partial charge in [0.25, 0.3) is 0 Å². The molecule has 6 rings (SSSR count). The number of likely N-dealkylation sites (tertiary alicyclic amines) is 1. The number of aromatic nitrogens is 1. The van der Waals surface area contributed by atoms with Gasteiger partial charge in [-0.1, -0.05) is 22.8 Å². The molecule has 1 aromatic carbocycles. The summed E-state index contributed by atoms with van der Waals surface area (Å²) in [5.41, 5.74) is -0.513. The van der Waals surface area contributed by atoms with Crippen molar-refractivity contribution in [2.24, 2.45) is 5.16 Å². The Kier molecular flexibility index (Phi) is 5.65. The zero-order chi connectivity index (χ0) is 24.8. The van der Waals surface area contributed by atoms with E-state index in [0.29, 0.717) is 48.0 Å². The van der Waals surface area contributed by atoms with Gasteiger partial charge in [0.15, 0.2) is 5.60 Å². The Morgan fingerprint density at radius 3 is 2.78 bits per heavy atom. The van der Waals surface area contributed by atoms with E-state index in [1.54, 1.807) is 52.9 Å². The summed E-state index contributed by atoms with van der Waals surface area (Å²) in [7, 11) is 0. The topological polar surface area (TPSA) is 81.1 Å². The third-order valence-corrected chi connectivity index (χ3v) is 8.21. The number of amides is 1. The molecule has 0 bridgehead atoms. The van der Waals surface area contributed by atoms with Crippen LogP contribution in [0.5, 0.6) is 5.75 Å². The average Bonchev–Trinajstić information content (AvgIpc) is 3.60. The largest absolute Gasteiger partial charge is 0.482 e. The van der Waals surface area contributed by atoms with Crippen molar-refractivity contribution in [2.75, 3.05) is 13.1 Å². The molecule has 36 heavy (non-hydrogen) atoms. The summed E-state index contributed by atoms with van der Waals surface area (Å²) in [5, 5.41) is 6.76. The first-order valence-electron chi connectivity index (χ1n) is 11.7. The van der Waals surface area contributed by atoms with E-state index in [0.717, 1.165) is 10.4 Å². The molecule has 3 aromatic rings. The SMILES string of the molecule is O=C(C=Cc1cccs1)N1CCC2(CC1)Oc1ccc(Cl)cc1C(=O)C21CC(c2cccnc2)=NO1. The number of Topliss-reactive ketones (excluding diaryl/α,β-unsaturated/α-hetero) is 1. The number of piperidine rings is 1. The number of ketones is 1. The third-order valence-electron chi connectivity index (χ3n) is 7.13. The van der Waals surface area contributed by atoms with Gasteiger partial charge in [0.1, 0.15) is 5.75 Å². The number of oxime groups is 1. The summed E-state index contributed by atoms with van der Waals surface area (Å²) in [6.07, 6.45) is 7.91. The van der Waals surface area contributed by atoms with E-state index in [1.807, 2.05) is 35.7 Å². The number of halogens is 1. The number of carbonyl (C=O) groups excluding carboxylic acids is 2. The van der Waals surface area contributed by atoms with Gasteiger partial charge in [0, 0.05) is 66.3 Å². The monoisotopic (exact) mass is 519 g/mol. The molecule has 0 radical (unpaired) electrons. The molecule has 0 N–H and O–H groups in total. The second-order valence-corrected chi connectivity index (χ2v) is 10.5. The second kappa shape index (κ2) is 8.87. The molecule has 182 valence electrons. The molecule has 0 saturated carbocycles. The van der Waals surface area contributed by atoms with Crippen LogP contribution in [0, 0.1) is 0 Å². The van der Waals surface area contributed by atoms with Crippen LogP contribution >= 0.6 is 22.9 Å². The molecule has 1 fully saturated rings. The Balaban J connectivity index is 1.30. The van der Waals surface area contributed by atoms with Crippen LogP contribution in [-0.2, 0) is 9.63 Å². The van der Waals surface area contributed by atoms with E-state index >= 15 is 0 Å². The van der Waals surface area contributed by atoms with Gasteiger partial charge in [-0.3, -0.25) is 14.6 Å². The lowest BCUT2D eigenvalue weighted by molar-refractivity contribution is -0.161. The van der Waals surface area contributed by atoms with E-state index in [1.165, 1.54) is 0 Å². The highest BCUT2D eigenvalue weighted by Gasteiger charge is 2.67. The summed E-state index contributed by atoms with van der Waals surface area (Å²) in [6, 6.07) is 12.7. The summed E-state index contributed by atoms with van der Waals surface area (Å²) >= 11 is 7.80. The second-order valence-electron chi connectivity index (χ2n) is 9.11. The molecule has 3 aliphatic rings. The summed E-state index contributed by atoms with van der Waals surface area (Å²) in [5.74, 6) is 0.207. The first kappa shape index (κ1) is 22.9. The predicted molar refractivity (Wildman–Crippen MR) is 138 cm³/mol. The molecule has 3 aliphatic heterocycles. The fourth-order valence-electron chi connectivity index (χ4n) is 5.21. The van der Waals surface area contributed by atoms with Crippen molar-refractivity contribution >= 4 is 46.4 Å². The van der Waals surface area contributed by atoms with E-state index in [-0.39, 0.29) is 18.1 Å². The maximum absolute atomic E-state index is 14.0. The minimum atomic E-state index is -1.35. The van der Waals surface area contributed by atoms with Crippen LogP contribution in [0.3, 0.4) is 0 Å². The zero-order valence-corrected chi connectivity index (χ0v) is 20.8. The molecule has 0 aliphatic carbocycles. The van der Waals surface area contributed by atoms with Crippen LogP contribution in [0.1, 0.15) is 40.1 Å². The van der Waals surface area contributed by atoms with Crippen LogP contribution < -0.4 is 4.74 Å². The van der Waals surface area contributed by atoms with Crippen LogP contribution in [0.15, 0.2) is 71.5 Å². The third kappa shape index (κ3) is 3.72. The van der Waals surface area contributed by atoms with Gasteiger partial charge < -0.3 is 14.5 Å². The van der Waals surface area contributed by atoms with Crippen LogP contribution in [0.25, 0.3) is 6.08 Å². The van der Waals surface area contributed by atoms with Gasteiger partial charge in [0.05, 0.1) is 11.3 Å². The maximum atomic E-state index is 14.0. The molecule has 1 amide bonds. The van der Waals surface area contributed by atoms with Crippen molar-refractivity contribution < 1.29 is 19.2 Å². The number of rotatable bonds is 3. The smallest absolute Gasteiger partial charge is 0.246 e. The number of carbonyl (C=O) groups is 2. The minimum Gasteiger partial charge on any atom is -0.482 e. The lowest BCUT2D eigenvalue weighted by atomic mass is 9.67. The number of nitrogens with zero attached hydrogens (tertiary/aromatic N) is 3. The Morgan fingerprint density at radius 1 is 1.17 bits per heavy atom.